The molecule has 2 aromatic rings. The number of methoxy groups -OCH3 is 3. The van der Waals surface area contributed by atoms with E-state index in [0.717, 1.165) is 10.1 Å². The third-order valence-electron chi connectivity index (χ3n) is 4.64. The molecule has 0 saturated heterocycles. The highest BCUT2D eigenvalue weighted by Gasteiger charge is 2.30. The highest BCUT2D eigenvalue weighted by Crippen LogP contribution is 2.43. The van der Waals surface area contributed by atoms with Gasteiger partial charge in [-0.15, -0.1) is 6.58 Å². The van der Waals surface area contributed by atoms with Crippen molar-refractivity contribution in [3.05, 3.63) is 56.8 Å². The summed E-state index contributed by atoms with van der Waals surface area (Å²) >= 11 is 0. The summed E-state index contributed by atoms with van der Waals surface area (Å²) in [6, 6.07) is 3.20. The molecule has 2 heterocycles. The number of nitrogens with one attached hydrogen (secondary N) is 2. The van der Waals surface area contributed by atoms with Crippen molar-refractivity contribution in [2.45, 2.75) is 19.0 Å². The summed E-state index contributed by atoms with van der Waals surface area (Å²) < 4.78 is 17.2. The monoisotopic (exact) mass is 402 g/mol. The Bertz CT molecular complexity index is 1090. The first-order chi connectivity index (χ1) is 14.0. The number of hydrogen-bond donors (Lipinski definition) is 3. The number of benzene rings is 1. The van der Waals surface area contributed by atoms with Crippen LogP contribution in [0, 0.1) is 0 Å². The maximum atomic E-state index is 12.3. The molecule has 1 aliphatic rings. The SMILES string of the molecule is C=CCn1c(O)c(C2=NN[C@@H](c3ccc(OC)c(OC)c3OC)C2)c(=O)[nH]c1=O. The Morgan fingerprint density at radius 2 is 1.97 bits per heavy atom. The summed E-state index contributed by atoms with van der Waals surface area (Å²) in [6.45, 7) is 3.59. The van der Waals surface area contributed by atoms with Crippen molar-refractivity contribution in [3.63, 3.8) is 0 Å². The Morgan fingerprint density at radius 1 is 1.24 bits per heavy atom. The van der Waals surface area contributed by atoms with E-state index in [1.807, 2.05) is 0 Å². The molecule has 0 aliphatic carbocycles. The Morgan fingerprint density at radius 3 is 2.59 bits per heavy atom. The first kappa shape index (κ1) is 20.1. The number of aromatic amines is 1. The molecule has 3 N–H and O–H groups in total. The van der Waals surface area contributed by atoms with Crippen molar-refractivity contribution in [1.29, 1.82) is 0 Å². The van der Waals surface area contributed by atoms with Crippen LogP contribution in [0.15, 0.2) is 39.5 Å². The van der Waals surface area contributed by atoms with E-state index in [4.69, 9.17) is 14.2 Å². The zero-order valence-electron chi connectivity index (χ0n) is 16.3. The molecule has 154 valence electrons. The average molecular weight is 402 g/mol. The molecule has 1 aromatic heterocycles. The Labute approximate surface area is 166 Å². The number of aromatic nitrogens is 2. The van der Waals surface area contributed by atoms with Gasteiger partial charge >= 0.3 is 5.69 Å². The molecule has 10 heteroatoms. The van der Waals surface area contributed by atoms with E-state index < -0.39 is 17.1 Å². The van der Waals surface area contributed by atoms with Gasteiger partial charge in [-0.1, -0.05) is 6.08 Å². The van der Waals surface area contributed by atoms with Gasteiger partial charge in [-0.05, 0) is 12.1 Å². The minimum absolute atomic E-state index is 0.0437. The van der Waals surface area contributed by atoms with Crippen LogP contribution < -0.4 is 30.9 Å². The number of allylic oxidation sites excluding steroid dienone is 1. The number of nitrogens with zero attached hydrogens (tertiary/aromatic N) is 2. The Hall–Kier alpha value is -3.69. The predicted octanol–water partition coefficient (Wildman–Crippen LogP) is 0.893. The molecule has 0 amide bonds. The maximum Gasteiger partial charge on any atom is 0.331 e. The van der Waals surface area contributed by atoms with Gasteiger partial charge in [-0.3, -0.25) is 14.3 Å². The second kappa shape index (κ2) is 8.13. The minimum Gasteiger partial charge on any atom is -0.494 e. The second-order valence-corrected chi connectivity index (χ2v) is 6.23. The topological polar surface area (TPSA) is 127 Å². The summed E-state index contributed by atoms with van der Waals surface area (Å²) in [7, 11) is 4.55. The van der Waals surface area contributed by atoms with Gasteiger partial charge in [0, 0.05) is 18.5 Å². The smallest absolute Gasteiger partial charge is 0.331 e. The maximum absolute atomic E-state index is 12.3. The van der Waals surface area contributed by atoms with Gasteiger partial charge in [-0.2, -0.15) is 5.10 Å². The molecule has 1 aliphatic heterocycles. The lowest BCUT2D eigenvalue weighted by molar-refractivity contribution is 0.320. The predicted molar refractivity (Wildman–Crippen MR) is 106 cm³/mol. The fourth-order valence-corrected chi connectivity index (χ4v) is 3.30. The first-order valence-corrected chi connectivity index (χ1v) is 8.75. The number of H-pyrrole nitrogens is 1. The van der Waals surface area contributed by atoms with Crippen LogP contribution in [0.2, 0.25) is 0 Å². The van der Waals surface area contributed by atoms with Crippen molar-refractivity contribution in [2.75, 3.05) is 21.3 Å². The lowest BCUT2D eigenvalue weighted by Gasteiger charge is -2.19. The molecule has 0 fully saturated rings. The largest absolute Gasteiger partial charge is 0.494 e. The van der Waals surface area contributed by atoms with Crippen molar-refractivity contribution >= 4 is 5.71 Å². The van der Waals surface area contributed by atoms with E-state index >= 15 is 0 Å². The third kappa shape index (κ3) is 3.44. The fourth-order valence-electron chi connectivity index (χ4n) is 3.30. The average Bonchev–Trinajstić information content (AvgIpc) is 3.18. The number of rotatable bonds is 7. The zero-order chi connectivity index (χ0) is 21.1. The van der Waals surface area contributed by atoms with Gasteiger partial charge in [0.1, 0.15) is 5.56 Å². The van der Waals surface area contributed by atoms with Crippen molar-refractivity contribution < 1.29 is 19.3 Å². The van der Waals surface area contributed by atoms with Crippen LogP contribution >= 0.6 is 0 Å². The highest BCUT2D eigenvalue weighted by molar-refractivity contribution is 6.03. The Balaban J connectivity index is 2.00. The van der Waals surface area contributed by atoms with E-state index in [1.165, 1.54) is 27.4 Å². The van der Waals surface area contributed by atoms with Gasteiger partial charge in [0.25, 0.3) is 5.56 Å². The second-order valence-electron chi connectivity index (χ2n) is 6.23. The van der Waals surface area contributed by atoms with E-state index in [9.17, 15) is 14.7 Å². The molecular formula is C19H22N4O6. The van der Waals surface area contributed by atoms with Crippen LogP contribution in [-0.2, 0) is 6.54 Å². The first-order valence-electron chi connectivity index (χ1n) is 8.75. The highest BCUT2D eigenvalue weighted by atomic mass is 16.5. The summed E-state index contributed by atoms with van der Waals surface area (Å²) in [4.78, 5) is 26.4. The van der Waals surface area contributed by atoms with Crippen LogP contribution in [-0.4, -0.2) is 41.7 Å². The van der Waals surface area contributed by atoms with Crippen molar-refractivity contribution in [2.24, 2.45) is 5.10 Å². The molecule has 0 saturated carbocycles. The number of aromatic hydroxyl groups is 1. The number of ether oxygens (including phenoxy) is 3. The van der Waals surface area contributed by atoms with Gasteiger partial charge in [-0.25, -0.2) is 4.79 Å². The van der Waals surface area contributed by atoms with Crippen LogP contribution in [0.5, 0.6) is 23.1 Å². The van der Waals surface area contributed by atoms with Gasteiger partial charge in [0.2, 0.25) is 11.6 Å². The number of hydrazone groups is 1. The normalized spacial score (nSPS) is 15.4. The quantitative estimate of drug-likeness (QED) is 0.587. The minimum atomic E-state index is -0.721. The fraction of sp³-hybridized carbons (Fsp3) is 0.316. The van der Waals surface area contributed by atoms with Crippen LogP contribution in [0.25, 0.3) is 0 Å². The molecule has 3 rings (SSSR count). The molecule has 29 heavy (non-hydrogen) atoms. The standard InChI is InChI=1S/C19H22N4O6/c1-5-8-23-18(25)14(17(24)20-19(23)26)12-9-11(21-22-12)10-6-7-13(27-2)16(29-4)15(10)28-3/h5-7,11,21,25H,1,8-9H2,2-4H3,(H,20,24,26)/t11-/m1/s1. The summed E-state index contributed by atoms with van der Waals surface area (Å²) in [6.07, 6.45) is 1.71. The molecule has 1 atom stereocenters. The summed E-state index contributed by atoms with van der Waals surface area (Å²) in [5, 5.41) is 14.7. The molecule has 1 aromatic carbocycles. The number of hydrogen-bond acceptors (Lipinski definition) is 8. The van der Waals surface area contributed by atoms with E-state index in [-0.39, 0.29) is 24.6 Å². The van der Waals surface area contributed by atoms with E-state index in [2.05, 4.69) is 22.1 Å². The van der Waals surface area contributed by atoms with Crippen molar-refractivity contribution in [1.82, 2.24) is 15.0 Å². The molecule has 0 spiro atoms. The zero-order valence-corrected chi connectivity index (χ0v) is 16.3. The van der Waals surface area contributed by atoms with Crippen LogP contribution in [0.1, 0.15) is 23.6 Å². The Kier molecular flexibility index (Phi) is 5.62. The molecule has 10 nitrogen and oxygen atoms in total. The summed E-state index contributed by atoms with van der Waals surface area (Å²) in [5.41, 5.74) is 2.49. The van der Waals surface area contributed by atoms with E-state index in [1.54, 1.807) is 12.1 Å². The van der Waals surface area contributed by atoms with E-state index in [0.29, 0.717) is 23.0 Å². The van der Waals surface area contributed by atoms with Gasteiger partial charge in [0.15, 0.2) is 11.5 Å². The van der Waals surface area contributed by atoms with Crippen LogP contribution in [0.3, 0.4) is 0 Å². The molecular weight excluding hydrogens is 380 g/mol. The van der Waals surface area contributed by atoms with Gasteiger partial charge < -0.3 is 24.7 Å². The lowest BCUT2D eigenvalue weighted by Crippen LogP contribution is -2.33. The third-order valence-corrected chi connectivity index (χ3v) is 4.64. The summed E-state index contributed by atoms with van der Waals surface area (Å²) in [5.74, 6) is 0.954. The van der Waals surface area contributed by atoms with Crippen molar-refractivity contribution in [3.8, 4) is 23.1 Å². The molecule has 0 bridgehead atoms. The molecule has 0 unspecified atom stereocenters. The van der Waals surface area contributed by atoms with Crippen LogP contribution in [0.4, 0.5) is 0 Å². The molecule has 0 radical (unpaired) electrons. The lowest BCUT2D eigenvalue weighted by atomic mass is 9.98. The van der Waals surface area contributed by atoms with Gasteiger partial charge in [0.05, 0.1) is 33.1 Å².